The summed E-state index contributed by atoms with van der Waals surface area (Å²) in [5.41, 5.74) is 7.02. The topological polar surface area (TPSA) is 62.9 Å². The molecular weight excluding hydrogens is 276 g/mol. The van der Waals surface area contributed by atoms with Crippen LogP contribution in [0.15, 0.2) is 41.4 Å². The quantitative estimate of drug-likeness (QED) is 0.453. The Kier molecular flexibility index (Phi) is 7.49. The van der Waals surface area contributed by atoms with Gasteiger partial charge in [0.2, 0.25) is 0 Å². The number of ether oxygens (including phenoxy) is 1. The maximum atomic E-state index is 5.84. The maximum Gasteiger partial charge on any atom is 0.188 e. The average molecular weight is 302 g/mol. The molecule has 0 atom stereocenters. The molecular formula is C17H26N4O. The highest BCUT2D eigenvalue weighted by Crippen LogP contribution is 2.00. The van der Waals surface area contributed by atoms with E-state index in [1.807, 2.05) is 24.3 Å². The van der Waals surface area contributed by atoms with Gasteiger partial charge in [-0.05, 0) is 18.5 Å². The van der Waals surface area contributed by atoms with Crippen LogP contribution >= 0.6 is 0 Å². The van der Waals surface area contributed by atoms with Crippen LogP contribution in [-0.2, 0) is 4.74 Å². The Morgan fingerprint density at radius 1 is 1.27 bits per heavy atom. The zero-order valence-corrected chi connectivity index (χ0v) is 13.1. The summed E-state index contributed by atoms with van der Waals surface area (Å²) >= 11 is 0. The number of aliphatic imine (C=N–C) groups is 1. The molecule has 5 nitrogen and oxygen atoms in total. The lowest BCUT2D eigenvalue weighted by atomic mass is 10.2. The minimum Gasteiger partial charge on any atom is -0.379 e. The first-order chi connectivity index (χ1) is 10.8. The van der Waals surface area contributed by atoms with Crippen LogP contribution in [0.4, 0.5) is 0 Å². The molecule has 0 saturated carbocycles. The molecule has 1 heterocycles. The van der Waals surface area contributed by atoms with Crippen LogP contribution in [0.5, 0.6) is 0 Å². The van der Waals surface area contributed by atoms with Crippen molar-refractivity contribution in [1.29, 1.82) is 0 Å². The number of hydrogen-bond donors (Lipinski definition) is 2. The smallest absolute Gasteiger partial charge is 0.188 e. The largest absolute Gasteiger partial charge is 0.379 e. The predicted octanol–water partition coefficient (Wildman–Crippen LogP) is 1.33. The van der Waals surface area contributed by atoms with E-state index < -0.39 is 0 Å². The highest BCUT2D eigenvalue weighted by atomic mass is 16.5. The number of hydrogen-bond acceptors (Lipinski definition) is 3. The number of nitrogens with one attached hydrogen (secondary N) is 1. The first-order valence-corrected chi connectivity index (χ1v) is 7.90. The molecule has 0 bridgehead atoms. The van der Waals surface area contributed by atoms with Crippen LogP contribution in [0, 0.1) is 0 Å². The van der Waals surface area contributed by atoms with Gasteiger partial charge < -0.3 is 15.8 Å². The Morgan fingerprint density at radius 2 is 2.05 bits per heavy atom. The van der Waals surface area contributed by atoms with E-state index in [0.29, 0.717) is 12.5 Å². The van der Waals surface area contributed by atoms with Gasteiger partial charge in [0.15, 0.2) is 5.96 Å². The van der Waals surface area contributed by atoms with Crippen molar-refractivity contribution in [2.75, 3.05) is 45.9 Å². The molecule has 1 saturated heterocycles. The molecule has 0 radical (unpaired) electrons. The van der Waals surface area contributed by atoms with Crippen LogP contribution in [-0.4, -0.2) is 56.8 Å². The third-order valence-corrected chi connectivity index (χ3v) is 3.54. The van der Waals surface area contributed by atoms with E-state index in [1.165, 1.54) is 5.56 Å². The fourth-order valence-corrected chi connectivity index (χ4v) is 2.30. The molecule has 0 amide bonds. The second kappa shape index (κ2) is 9.97. The van der Waals surface area contributed by atoms with Crippen LogP contribution < -0.4 is 11.1 Å². The van der Waals surface area contributed by atoms with Crippen LogP contribution in [0.3, 0.4) is 0 Å². The second-order valence-electron chi connectivity index (χ2n) is 5.27. The lowest BCUT2D eigenvalue weighted by Crippen LogP contribution is -2.39. The highest BCUT2D eigenvalue weighted by molar-refractivity contribution is 5.77. The maximum absolute atomic E-state index is 5.84. The van der Waals surface area contributed by atoms with E-state index >= 15 is 0 Å². The molecule has 1 aromatic rings. The molecule has 0 aliphatic carbocycles. The fourth-order valence-electron chi connectivity index (χ4n) is 2.30. The van der Waals surface area contributed by atoms with E-state index in [0.717, 1.165) is 45.8 Å². The molecule has 1 fully saturated rings. The normalized spacial score (nSPS) is 17.0. The van der Waals surface area contributed by atoms with Gasteiger partial charge in [-0.3, -0.25) is 4.90 Å². The van der Waals surface area contributed by atoms with Gasteiger partial charge in [0.05, 0.1) is 19.8 Å². The number of rotatable bonds is 7. The summed E-state index contributed by atoms with van der Waals surface area (Å²) in [6.45, 7) is 6.31. The first-order valence-electron chi connectivity index (χ1n) is 7.90. The number of guanidine groups is 1. The van der Waals surface area contributed by atoms with E-state index in [9.17, 15) is 0 Å². The van der Waals surface area contributed by atoms with Crippen molar-refractivity contribution >= 4 is 12.0 Å². The molecule has 22 heavy (non-hydrogen) atoms. The van der Waals surface area contributed by atoms with Crippen LogP contribution in [0.2, 0.25) is 0 Å². The van der Waals surface area contributed by atoms with Gasteiger partial charge in [-0.25, -0.2) is 4.99 Å². The van der Waals surface area contributed by atoms with Gasteiger partial charge in [-0.2, -0.15) is 0 Å². The van der Waals surface area contributed by atoms with Crippen LogP contribution in [0.25, 0.3) is 6.08 Å². The molecule has 120 valence electrons. The summed E-state index contributed by atoms with van der Waals surface area (Å²) < 4.78 is 5.33. The van der Waals surface area contributed by atoms with E-state index in [2.05, 4.69) is 33.4 Å². The fraction of sp³-hybridized carbons (Fsp3) is 0.471. The lowest BCUT2D eigenvalue weighted by Gasteiger charge is -2.26. The number of nitrogens with two attached hydrogens (primary N) is 1. The molecule has 0 unspecified atom stereocenters. The molecule has 1 aliphatic rings. The van der Waals surface area contributed by atoms with Gasteiger partial charge in [0.1, 0.15) is 0 Å². The lowest BCUT2D eigenvalue weighted by molar-refractivity contribution is 0.0376. The zero-order valence-electron chi connectivity index (χ0n) is 13.1. The second-order valence-corrected chi connectivity index (χ2v) is 5.27. The van der Waals surface area contributed by atoms with Gasteiger partial charge in [-0.1, -0.05) is 42.5 Å². The number of morpholine rings is 1. The monoisotopic (exact) mass is 302 g/mol. The highest BCUT2D eigenvalue weighted by Gasteiger charge is 2.08. The van der Waals surface area contributed by atoms with Gasteiger partial charge in [-0.15, -0.1) is 0 Å². The SMILES string of the molecule is NC(=NCC=Cc1ccccc1)NCCCN1CCOCC1. The summed E-state index contributed by atoms with van der Waals surface area (Å²) in [7, 11) is 0. The van der Waals surface area contributed by atoms with Crippen molar-refractivity contribution in [3.05, 3.63) is 42.0 Å². The Labute approximate surface area is 132 Å². The summed E-state index contributed by atoms with van der Waals surface area (Å²) in [4.78, 5) is 6.70. The Hall–Kier alpha value is -1.85. The summed E-state index contributed by atoms with van der Waals surface area (Å²) in [5.74, 6) is 0.514. The van der Waals surface area contributed by atoms with Crippen molar-refractivity contribution < 1.29 is 4.74 Å². The van der Waals surface area contributed by atoms with Crippen molar-refractivity contribution in [2.45, 2.75) is 6.42 Å². The third kappa shape index (κ3) is 6.74. The standard InChI is InChI=1S/C17H26N4O/c18-17(19-9-4-8-16-6-2-1-3-7-16)20-10-5-11-21-12-14-22-15-13-21/h1-4,6-8H,5,9-15H2,(H3,18,19,20). The molecule has 0 spiro atoms. The van der Waals surface area contributed by atoms with E-state index in [1.54, 1.807) is 0 Å². The average Bonchev–Trinajstić information content (AvgIpc) is 2.57. The predicted molar refractivity (Wildman–Crippen MR) is 91.8 cm³/mol. The molecule has 5 heteroatoms. The van der Waals surface area contributed by atoms with Crippen molar-refractivity contribution in [3.63, 3.8) is 0 Å². The minimum atomic E-state index is 0.514. The van der Waals surface area contributed by atoms with Crippen LogP contribution in [0.1, 0.15) is 12.0 Å². The summed E-state index contributed by atoms with van der Waals surface area (Å²) in [6.07, 6.45) is 5.13. The van der Waals surface area contributed by atoms with Crippen molar-refractivity contribution in [2.24, 2.45) is 10.7 Å². The Morgan fingerprint density at radius 3 is 2.82 bits per heavy atom. The number of benzene rings is 1. The minimum absolute atomic E-state index is 0.514. The third-order valence-electron chi connectivity index (χ3n) is 3.54. The van der Waals surface area contributed by atoms with Gasteiger partial charge >= 0.3 is 0 Å². The molecule has 3 N–H and O–H groups in total. The van der Waals surface area contributed by atoms with Crippen molar-refractivity contribution in [1.82, 2.24) is 10.2 Å². The van der Waals surface area contributed by atoms with Crippen molar-refractivity contribution in [3.8, 4) is 0 Å². The first kappa shape index (κ1) is 16.5. The van der Waals surface area contributed by atoms with Gasteiger partial charge in [0.25, 0.3) is 0 Å². The summed E-state index contributed by atoms with van der Waals surface area (Å²) in [6, 6.07) is 10.2. The van der Waals surface area contributed by atoms with Gasteiger partial charge in [0, 0.05) is 19.6 Å². The molecule has 1 aliphatic heterocycles. The molecule has 0 aromatic heterocycles. The van der Waals surface area contributed by atoms with E-state index in [-0.39, 0.29) is 0 Å². The van der Waals surface area contributed by atoms with E-state index in [4.69, 9.17) is 10.5 Å². The zero-order chi connectivity index (χ0) is 15.5. The number of nitrogens with zero attached hydrogens (tertiary/aromatic N) is 2. The Balaban J connectivity index is 1.56. The molecule has 1 aromatic carbocycles. The molecule has 2 rings (SSSR count). The Bertz CT molecular complexity index is 467. The summed E-state index contributed by atoms with van der Waals surface area (Å²) in [5, 5.41) is 3.16.